The molecule has 1 saturated carbocycles. The molecule has 0 saturated heterocycles. The summed E-state index contributed by atoms with van der Waals surface area (Å²) in [6.07, 6.45) is 3.27. The van der Waals surface area contributed by atoms with Crippen molar-refractivity contribution in [2.24, 2.45) is 0 Å². The lowest BCUT2D eigenvalue weighted by atomic mass is 10.0. The molecule has 24 heavy (non-hydrogen) atoms. The smallest absolute Gasteiger partial charge is 0.338 e. The minimum absolute atomic E-state index is 0.185. The van der Waals surface area contributed by atoms with Gasteiger partial charge in [-0.25, -0.2) is 14.2 Å². The fourth-order valence-corrected chi connectivity index (χ4v) is 2.58. The normalized spacial score (nSPS) is 13.6. The van der Waals surface area contributed by atoms with E-state index in [1.165, 1.54) is 18.3 Å². The average Bonchev–Trinajstić information content (AvgIpc) is 3.35. The van der Waals surface area contributed by atoms with Gasteiger partial charge in [-0.05, 0) is 37.3 Å². The number of carboxylic acids is 1. The van der Waals surface area contributed by atoms with Crippen molar-refractivity contribution in [1.29, 1.82) is 0 Å². The summed E-state index contributed by atoms with van der Waals surface area (Å²) >= 11 is 6.07. The molecule has 1 aliphatic rings. The molecule has 0 unspecified atom stereocenters. The molecule has 0 amide bonds. The van der Waals surface area contributed by atoms with Gasteiger partial charge in [0.15, 0.2) is 0 Å². The van der Waals surface area contributed by atoms with Gasteiger partial charge in [0.25, 0.3) is 0 Å². The van der Waals surface area contributed by atoms with Gasteiger partial charge in [-0.3, -0.25) is 0 Å². The maximum absolute atomic E-state index is 14.0. The highest BCUT2D eigenvalue weighted by Crippen LogP contribution is 2.46. The van der Waals surface area contributed by atoms with Crippen molar-refractivity contribution < 1.29 is 23.8 Å². The van der Waals surface area contributed by atoms with E-state index in [0.29, 0.717) is 23.8 Å². The lowest BCUT2D eigenvalue weighted by Crippen LogP contribution is -2.03. The van der Waals surface area contributed by atoms with E-state index >= 15 is 0 Å². The van der Waals surface area contributed by atoms with Crippen LogP contribution in [-0.4, -0.2) is 22.7 Å². The zero-order valence-electron chi connectivity index (χ0n) is 12.9. The Morgan fingerprint density at radius 3 is 2.75 bits per heavy atom. The quantitative estimate of drug-likeness (QED) is 0.821. The molecular formula is C17H15ClFNO4. The molecule has 1 heterocycles. The molecule has 7 heteroatoms. The molecule has 3 rings (SSSR count). The fourth-order valence-electron chi connectivity index (χ4n) is 2.37. The second-order valence-corrected chi connectivity index (χ2v) is 5.85. The average molecular weight is 352 g/mol. The number of aromatic nitrogens is 1. The van der Waals surface area contributed by atoms with Gasteiger partial charge in [-0.1, -0.05) is 11.6 Å². The molecule has 1 aromatic carbocycles. The van der Waals surface area contributed by atoms with Gasteiger partial charge < -0.3 is 14.6 Å². The molecule has 126 valence electrons. The third kappa shape index (κ3) is 3.43. The molecule has 1 N–H and O–H groups in total. The predicted octanol–water partition coefficient (Wildman–Crippen LogP) is 4.64. The van der Waals surface area contributed by atoms with E-state index in [9.17, 15) is 9.18 Å². The molecule has 0 radical (unpaired) electrons. The Morgan fingerprint density at radius 2 is 2.17 bits per heavy atom. The number of hydrogen-bond donors (Lipinski definition) is 1. The third-order valence-electron chi connectivity index (χ3n) is 3.64. The van der Waals surface area contributed by atoms with Crippen molar-refractivity contribution in [2.45, 2.75) is 25.7 Å². The molecule has 0 bridgehead atoms. The summed E-state index contributed by atoms with van der Waals surface area (Å²) in [7, 11) is 0. The summed E-state index contributed by atoms with van der Waals surface area (Å²) in [6, 6.07) is 3.97. The van der Waals surface area contributed by atoms with Crippen molar-refractivity contribution in [3.63, 3.8) is 0 Å². The predicted molar refractivity (Wildman–Crippen MR) is 85.8 cm³/mol. The van der Waals surface area contributed by atoms with E-state index in [2.05, 4.69) is 4.98 Å². The van der Waals surface area contributed by atoms with Crippen LogP contribution in [-0.2, 0) is 0 Å². The Labute approximate surface area is 143 Å². The van der Waals surface area contributed by atoms with E-state index in [-0.39, 0.29) is 22.3 Å². The summed E-state index contributed by atoms with van der Waals surface area (Å²) in [4.78, 5) is 15.2. The number of aromatic carboxylic acids is 1. The number of halogens is 2. The number of rotatable bonds is 6. The number of nitrogens with zero attached hydrogens (tertiary/aromatic N) is 1. The van der Waals surface area contributed by atoms with Crippen LogP contribution in [0.4, 0.5) is 4.39 Å². The van der Waals surface area contributed by atoms with Crippen LogP contribution < -0.4 is 9.47 Å². The van der Waals surface area contributed by atoms with Crippen LogP contribution in [0.5, 0.6) is 17.4 Å². The molecule has 1 aromatic heterocycles. The van der Waals surface area contributed by atoms with Gasteiger partial charge in [0, 0.05) is 12.1 Å². The molecule has 1 aliphatic carbocycles. The summed E-state index contributed by atoms with van der Waals surface area (Å²) < 4.78 is 24.9. The fraction of sp³-hybridized carbons (Fsp3) is 0.294. The number of benzene rings is 1. The topological polar surface area (TPSA) is 68.7 Å². The van der Waals surface area contributed by atoms with Gasteiger partial charge in [0.05, 0.1) is 18.4 Å². The summed E-state index contributed by atoms with van der Waals surface area (Å²) in [6.45, 7) is 2.25. The van der Waals surface area contributed by atoms with Crippen LogP contribution in [0.1, 0.15) is 41.6 Å². The Bertz CT molecular complexity index is 792. The molecule has 2 aromatic rings. The van der Waals surface area contributed by atoms with Crippen LogP contribution in [0.15, 0.2) is 24.4 Å². The van der Waals surface area contributed by atoms with Gasteiger partial charge in [0.1, 0.15) is 22.3 Å². The minimum Gasteiger partial charge on any atom is -0.478 e. The number of hydrogen-bond acceptors (Lipinski definition) is 4. The van der Waals surface area contributed by atoms with Crippen LogP contribution in [0.2, 0.25) is 5.02 Å². The van der Waals surface area contributed by atoms with Crippen LogP contribution in [0.3, 0.4) is 0 Å². The monoisotopic (exact) mass is 351 g/mol. The molecular weight excluding hydrogens is 337 g/mol. The first-order valence-electron chi connectivity index (χ1n) is 7.52. The molecule has 5 nitrogen and oxygen atoms in total. The van der Waals surface area contributed by atoms with Crippen LogP contribution >= 0.6 is 11.6 Å². The molecule has 0 atom stereocenters. The highest BCUT2D eigenvalue weighted by Gasteiger charge is 2.29. The Hall–Kier alpha value is -2.34. The first-order valence-corrected chi connectivity index (χ1v) is 7.90. The molecule has 0 aliphatic heterocycles. The van der Waals surface area contributed by atoms with Crippen molar-refractivity contribution in [2.75, 3.05) is 6.61 Å². The summed E-state index contributed by atoms with van der Waals surface area (Å²) in [5.41, 5.74) is 0.325. The maximum atomic E-state index is 14.0. The van der Waals surface area contributed by atoms with Gasteiger partial charge in [0.2, 0.25) is 5.88 Å². The zero-order valence-corrected chi connectivity index (χ0v) is 13.6. The Morgan fingerprint density at radius 1 is 1.42 bits per heavy atom. The van der Waals surface area contributed by atoms with Crippen molar-refractivity contribution in [3.8, 4) is 17.4 Å². The van der Waals surface area contributed by atoms with Gasteiger partial charge >= 0.3 is 5.97 Å². The largest absolute Gasteiger partial charge is 0.478 e. The van der Waals surface area contributed by atoms with Crippen LogP contribution in [0, 0.1) is 5.82 Å². The number of carboxylic acid groups (broad SMARTS) is 1. The van der Waals surface area contributed by atoms with E-state index in [1.807, 2.05) is 6.92 Å². The number of pyridine rings is 1. The standard InChI is InChI=1S/C17H15ClFNO4/c1-2-23-16-13(18)5-10(8-20-16)24-15-7-14(19)12(17(21)22)6-11(15)9-3-4-9/h5-9H,2-4H2,1H3,(H,21,22). The zero-order chi connectivity index (χ0) is 17.3. The first kappa shape index (κ1) is 16.5. The summed E-state index contributed by atoms with van der Waals surface area (Å²) in [5, 5.41) is 9.35. The highest BCUT2D eigenvalue weighted by atomic mass is 35.5. The molecule has 0 spiro atoms. The van der Waals surface area contributed by atoms with Gasteiger partial charge in [-0.2, -0.15) is 0 Å². The number of ether oxygens (including phenoxy) is 2. The summed E-state index contributed by atoms with van der Waals surface area (Å²) in [5.74, 6) is -1.06. The maximum Gasteiger partial charge on any atom is 0.338 e. The number of carbonyl (C=O) groups is 1. The van der Waals surface area contributed by atoms with E-state index in [0.717, 1.165) is 18.9 Å². The second-order valence-electron chi connectivity index (χ2n) is 5.44. The van der Waals surface area contributed by atoms with E-state index in [1.54, 1.807) is 0 Å². The van der Waals surface area contributed by atoms with E-state index in [4.69, 9.17) is 26.2 Å². The van der Waals surface area contributed by atoms with Crippen molar-refractivity contribution in [1.82, 2.24) is 4.98 Å². The SMILES string of the molecule is CCOc1ncc(Oc2cc(F)c(C(=O)O)cc2C2CC2)cc1Cl. The van der Waals surface area contributed by atoms with E-state index < -0.39 is 11.8 Å². The van der Waals surface area contributed by atoms with Crippen LogP contribution in [0.25, 0.3) is 0 Å². The minimum atomic E-state index is -1.30. The lowest BCUT2D eigenvalue weighted by Gasteiger charge is -2.13. The Balaban J connectivity index is 1.93. The van der Waals surface area contributed by atoms with Crippen molar-refractivity contribution in [3.05, 3.63) is 46.4 Å². The van der Waals surface area contributed by atoms with Crippen molar-refractivity contribution >= 4 is 17.6 Å². The first-order chi connectivity index (χ1) is 11.5. The highest BCUT2D eigenvalue weighted by molar-refractivity contribution is 6.31. The second kappa shape index (κ2) is 6.65. The molecule has 1 fully saturated rings. The van der Waals surface area contributed by atoms with Gasteiger partial charge in [-0.15, -0.1) is 0 Å². The third-order valence-corrected chi connectivity index (χ3v) is 3.91. The lowest BCUT2D eigenvalue weighted by molar-refractivity contribution is 0.0691. The Kier molecular flexibility index (Phi) is 4.57.